The highest BCUT2D eigenvalue weighted by atomic mass is 16.5. The van der Waals surface area contributed by atoms with E-state index < -0.39 is 0 Å². The van der Waals surface area contributed by atoms with Gasteiger partial charge in [-0.1, -0.05) is 13.8 Å². The maximum Gasteiger partial charge on any atom is 0.0657 e. The smallest absolute Gasteiger partial charge is 0.0657 e. The third-order valence-corrected chi connectivity index (χ3v) is 3.45. The molecule has 0 aromatic heterocycles. The van der Waals surface area contributed by atoms with Gasteiger partial charge in [0, 0.05) is 18.6 Å². The monoisotopic (exact) mass is 157 g/mol. The van der Waals surface area contributed by atoms with E-state index >= 15 is 0 Å². The molecular weight excluding hydrogens is 138 g/mol. The summed E-state index contributed by atoms with van der Waals surface area (Å²) < 4.78 is 5.37. The van der Waals surface area contributed by atoms with Crippen LogP contribution in [-0.2, 0) is 4.74 Å². The Hall–Kier alpha value is -0.0800. The summed E-state index contributed by atoms with van der Waals surface area (Å²) in [6, 6.07) is 0.363. The third-order valence-electron chi connectivity index (χ3n) is 3.45. The summed E-state index contributed by atoms with van der Waals surface area (Å²) in [5.74, 6) is 0. The highest BCUT2D eigenvalue weighted by Gasteiger charge is 2.50. The molecule has 66 valence electrons. The standard InChI is InChI=1S/C9H19NO/c1-4-9(5-2)7(10)6-8(9)11-3/h7-8H,4-6,10H2,1-3H3/t7-,8-/m0/s1. The minimum atomic E-state index is 0.286. The van der Waals surface area contributed by atoms with Crippen LogP contribution in [0.2, 0.25) is 0 Å². The molecule has 1 saturated carbocycles. The maximum atomic E-state index is 5.96. The molecule has 0 unspecified atom stereocenters. The Labute approximate surface area is 69.1 Å². The van der Waals surface area contributed by atoms with E-state index in [1.54, 1.807) is 7.11 Å². The van der Waals surface area contributed by atoms with Crippen molar-refractivity contribution in [2.45, 2.75) is 45.3 Å². The first-order chi connectivity index (χ1) is 5.21. The molecule has 11 heavy (non-hydrogen) atoms. The van der Waals surface area contributed by atoms with Crippen molar-refractivity contribution in [2.75, 3.05) is 7.11 Å². The van der Waals surface area contributed by atoms with Gasteiger partial charge in [-0.15, -0.1) is 0 Å². The molecule has 0 amide bonds. The van der Waals surface area contributed by atoms with Gasteiger partial charge in [0.1, 0.15) is 0 Å². The van der Waals surface area contributed by atoms with Crippen molar-refractivity contribution in [3.63, 3.8) is 0 Å². The molecule has 0 bridgehead atoms. The van der Waals surface area contributed by atoms with Crippen LogP contribution in [0.15, 0.2) is 0 Å². The molecule has 2 nitrogen and oxygen atoms in total. The molecule has 1 fully saturated rings. The number of ether oxygens (including phenoxy) is 1. The molecule has 0 saturated heterocycles. The minimum Gasteiger partial charge on any atom is -0.381 e. The van der Waals surface area contributed by atoms with E-state index in [-0.39, 0.29) is 5.41 Å². The normalized spacial score (nSPS) is 34.9. The fourth-order valence-corrected chi connectivity index (χ4v) is 2.34. The molecule has 1 rings (SSSR count). The lowest BCUT2D eigenvalue weighted by Crippen LogP contribution is -2.61. The van der Waals surface area contributed by atoms with Gasteiger partial charge < -0.3 is 10.5 Å². The van der Waals surface area contributed by atoms with Gasteiger partial charge in [-0.3, -0.25) is 0 Å². The average Bonchev–Trinajstić information content (AvgIpc) is 2.02. The van der Waals surface area contributed by atoms with E-state index in [2.05, 4.69) is 13.8 Å². The Morgan fingerprint density at radius 3 is 2.18 bits per heavy atom. The first-order valence-electron chi connectivity index (χ1n) is 4.49. The van der Waals surface area contributed by atoms with Crippen LogP contribution in [0.4, 0.5) is 0 Å². The zero-order valence-corrected chi connectivity index (χ0v) is 7.76. The predicted octanol–water partition coefficient (Wildman–Crippen LogP) is 1.54. The average molecular weight is 157 g/mol. The quantitative estimate of drug-likeness (QED) is 0.674. The summed E-state index contributed by atoms with van der Waals surface area (Å²) in [6.07, 6.45) is 3.73. The molecule has 2 atom stereocenters. The van der Waals surface area contributed by atoms with Gasteiger partial charge in [-0.2, -0.15) is 0 Å². The molecule has 2 N–H and O–H groups in total. The van der Waals surface area contributed by atoms with Crippen molar-refractivity contribution < 1.29 is 4.74 Å². The third kappa shape index (κ3) is 1.09. The molecule has 0 radical (unpaired) electrons. The summed E-state index contributed by atoms with van der Waals surface area (Å²) in [4.78, 5) is 0. The van der Waals surface area contributed by atoms with E-state index in [1.807, 2.05) is 0 Å². The number of hydrogen-bond donors (Lipinski definition) is 1. The van der Waals surface area contributed by atoms with Crippen LogP contribution in [0.25, 0.3) is 0 Å². The SMILES string of the molecule is CCC1(CC)[C@@H](OC)C[C@@H]1N. The Balaban J connectivity index is 2.62. The van der Waals surface area contributed by atoms with Crippen molar-refractivity contribution in [1.29, 1.82) is 0 Å². The molecule has 1 aliphatic rings. The first kappa shape index (κ1) is 9.01. The summed E-state index contributed by atoms with van der Waals surface area (Å²) in [5, 5.41) is 0. The van der Waals surface area contributed by atoms with Gasteiger partial charge in [0.05, 0.1) is 6.10 Å². The highest BCUT2D eigenvalue weighted by Crippen LogP contribution is 2.47. The van der Waals surface area contributed by atoms with Crippen molar-refractivity contribution in [1.82, 2.24) is 0 Å². The van der Waals surface area contributed by atoms with Crippen LogP contribution in [0.1, 0.15) is 33.1 Å². The van der Waals surface area contributed by atoms with Crippen LogP contribution < -0.4 is 5.73 Å². The maximum absolute atomic E-state index is 5.96. The summed E-state index contributed by atoms with van der Waals surface area (Å²) in [7, 11) is 1.79. The molecule has 1 aliphatic carbocycles. The van der Waals surface area contributed by atoms with Crippen LogP contribution >= 0.6 is 0 Å². The van der Waals surface area contributed by atoms with Crippen LogP contribution in [0.3, 0.4) is 0 Å². The van der Waals surface area contributed by atoms with Crippen molar-refractivity contribution >= 4 is 0 Å². The van der Waals surface area contributed by atoms with Crippen molar-refractivity contribution in [3.05, 3.63) is 0 Å². The van der Waals surface area contributed by atoms with Gasteiger partial charge >= 0.3 is 0 Å². The Morgan fingerprint density at radius 2 is 2.00 bits per heavy atom. The molecule has 0 spiro atoms. The number of rotatable bonds is 3. The summed E-state index contributed by atoms with van der Waals surface area (Å²) >= 11 is 0. The molecule has 0 aliphatic heterocycles. The molecule has 2 heteroatoms. The fourth-order valence-electron chi connectivity index (χ4n) is 2.34. The van der Waals surface area contributed by atoms with Gasteiger partial charge in [0.15, 0.2) is 0 Å². The zero-order chi connectivity index (χ0) is 8.48. The lowest BCUT2D eigenvalue weighted by Gasteiger charge is -2.53. The lowest BCUT2D eigenvalue weighted by atomic mass is 9.59. The van der Waals surface area contributed by atoms with E-state index in [9.17, 15) is 0 Å². The highest BCUT2D eigenvalue weighted by molar-refractivity contribution is 5.04. The van der Waals surface area contributed by atoms with Crippen LogP contribution in [0.5, 0.6) is 0 Å². The lowest BCUT2D eigenvalue weighted by molar-refractivity contribution is -0.112. The van der Waals surface area contributed by atoms with E-state index in [4.69, 9.17) is 10.5 Å². The molecule has 0 heterocycles. The van der Waals surface area contributed by atoms with Gasteiger partial charge in [0.2, 0.25) is 0 Å². The number of hydrogen-bond acceptors (Lipinski definition) is 2. The van der Waals surface area contributed by atoms with E-state index in [0.717, 1.165) is 19.3 Å². The topological polar surface area (TPSA) is 35.2 Å². The predicted molar refractivity (Wildman–Crippen MR) is 46.4 cm³/mol. The minimum absolute atomic E-state index is 0.286. The second kappa shape index (κ2) is 3.11. The van der Waals surface area contributed by atoms with Crippen molar-refractivity contribution in [2.24, 2.45) is 11.1 Å². The molecule has 0 aromatic rings. The summed E-state index contributed by atoms with van der Waals surface area (Å²) in [6.45, 7) is 4.41. The Morgan fingerprint density at radius 1 is 1.45 bits per heavy atom. The second-order valence-corrected chi connectivity index (χ2v) is 3.51. The number of methoxy groups -OCH3 is 1. The van der Waals surface area contributed by atoms with Gasteiger partial charge in [-0.25, -0.2) is 0 Å². The largest absolute Gasteiger partial charge is 0.381 e. The van der Waals surface area contributed by atoms with Crippen molar-refractivity contribution in [3.8, 4) is 0 Å². The van der Waals surface area contributed by atoms with Crippen LogP contribution in [-0.4, -0.2) is 19.3 Å². The van der Waals surface area contributed by atoms with Gasteiger partial charge in [0.25, 0.3) is 0 Å². The zero-order valence-electron chi connectivity index (χ0n) is 7.76. The Bertz CT molecular complexity index is 132. The van der Waals surface area contributed by atoms with Crippen LogP contribution in [0, 0.1) is 5.41 Å². The first-order valence-corrected chi connectivity index (χ1v) is 4.49. The van der Waals surface area contributed by atoms with Gasteiger partial charge in [-0.05, 0) is 19.3 Å². The second-order valence-electron chi connectivity index (χ2n) is 3.51. The Kier molecular flexibility index (Phi) is 2.55. The molecule has 0 aromatic carbocycles. The van der Waals surface area contributed by atoms with E-state index in [1.165, 1.54) is 0 Å². The van der Waals surface area contributed by atoms with E-state index in [0.29, 0.717) is 12.1 Å². The molecular formula is C9H19NO. The summed E-state index contributed by atoms with van der Waals surface area (Å²) in [5.41, 5.74) is 6.25. The fraction of sp³-hybridized carbons (Fsp3) is 1.00. The number of nitrogens with two attached hydrogens (primary N) is 1.